The van der Waals surface area contributed by atoms with Crippen molar-refractivity contribution in [3.63, 3.8) is 0 Å². The number of methoxy groups -OCH3 is 1. The van der Waals surface area contributed by atoms with Gasteiger partial charge in [0, 0.05) is 44.5 Å². The lowest BCUT2D eigenvalue weighted by Crippen LogP contribution is -2.61. The molecular formula is C28H32N4O5S. The van der Waals surface area contributed by atoms with Crippen molar-refractivity contribution in [2.75, 3.05) is 44.4 Å². The first kappa shape index (κ1) is 27.2. The summed E-state index contributed by atoms with van der Waals surface area (Å²) in [6, 6.07) is 23.6. The molecule has 3 aromatic carbocycles. The summed E-state index contributed by atoms with van der Waals surface area (Å²) in [4.78, 5) is 30.2. The van der Waals surface area contributed by atoms with E-state index >= 15 is 0 Å². The van der Waals surface area contributed by atoms with E-state index in [0.29, 0.717) is 24.5 Å². The van der Waals surface area contributed by atoms with E-state index in [9.17, 15) is 18.0 Å². The number of urea groups is 1. The van der Waals surface area contributed by atoms with Gasteiger partial charge in [0.05, 0.1) is 17.8 Å². The van der Waals surface area contributed by atoms with Crippen molar-refractivity contribution in [1.29, 1.82) is 0 Å². The zero-order valence-electron chi connectivity index (χ0n) is 21.2. The number of benzene rings is 3. The van der Waals surface area contributed by atoms with E-state index < -0.39 is 21.9 Å². The third-order valence-electron chi connectivity index (χ3n) is 6.44. The number of carbonyl (C=O) groups excluding carboxylic acids is 2. The maximum Gasteiger partial charge on any atom is 0.322 e. The van der Waals surface area contributed by atoms with E-state index in [0.717, 1.165) is 5.56 Å². The molecule has 4 rings (SSSR count). The number of amides is 3. The summed E-state index contributed by atoms with van der Waals surface area (Å²) in [7, 11) is -1.92. The molecule has 2 N–H and O–H groups in total. The minimum atomic E-state index is -3.47. The second-order valence-electron chi connectivity index (χ2n) is 9.01. The van der Waals surface area contributed by atoms with E-state index in [-0.39, 0.29) is 36.2 Å². The molecule has 200 valence electrons. The Labute approximate surface area is 223 Å². The summed E-state index contributed by atoms with van der Waals surface area (Å²) in [5, 5.41) is 5.78. The molecule has 1 aliphatic heterocycles. The van der Waals surface area contributed by atoms with Crippen LogP contribution in [0, 0.1) is 0 Å². The van der Waals surface area contributed by atoms with Crippen molar-refractivity contribution in [2.45, 2.75) is 17.5 Å². The van der Waals surface area contributed by atoms with Crippen LogP contribution in [-0.4, -0.2) is 75.2 Å². The SMILES string of the molecule is COc1cccc(NC(=O)N2CCN(CCS(=O)(=O)c3ccccc3)CC2C(=O)NCc2ccccc2)c1. The second-order valence-corrected chi connectivity index (χ2v) is 11.1. The van der Waals surface area contributed by atoms with Gasteiger partial charge in [0.1, 0.15) is 11.8 Å². The third kappa shape index (κ3) is 7.11. The van der Waals surface area contributed by atoms with Gasteiger partial charge in [0.25, 0.3) is 0 Å². The molecule has 9 nitrogen and oxygen atoms in total. The highest BCUT2D eigenvalue weighted by molar-refractivity contribution is 7.91. The fourth-order valence-corrected chi connectivity index (χ4v) is 5.61. The monoisotopic (exact) mass is 536 g/mol. The van der Waals surface area contributed by atoms with E-state index in [4.69, 9.17) is 4.74 Å². The fourth-order valence-electron chi connectivity index (χ4n) is 4.30. The van der Waals surface area contributed by atoms with Crippen LogP contribution in [0.15, 0.2) is 89.8 Å². The molecule has 1 unspecified atom stereocenters. The molecular weight excluding hydrogens is 504 g/mol. The predicted octanol–water partition coefficient (Wildman–Crippen LogP) is 3.00. The van der Waals surface area contributed by atoms with Gasteiger partial charge < -0.3 is 20.3 Å². The Morgan fingerprint density at radius 1 is 0.947 bits per heavy atom. The van der Waals surface area contributed by atoms with Crippen LogP contribution in [0.5, 0.6) is 5.75 Å². The van der Waals surface area contributed by atoms with E-state index in [1.54, 1.807) is 61.7 Å². The molecule has 1 saturated heterocycles. The van der Waals surface area contributed by atoms with Gasteiger partial charge >= 0.3 is 6.03 Å². The smallest absolute Gasteiger partial charge is 0.322 e. The first-order valence-corrected chi connectivity index (χ1v) is 14.0. The average Bonchev–Trinajstić information content (AvgIpc) is 2.95. The first-order chi connectivity index (χ1) is 18.4. The molecule has 0 aromatic heterocycles. The molecule has 1 atom stereocenters. The minimum Gasteiger partial charge on any atom is -0.497 e. The van der Waals surface area contributed by atoms with Crippen LogP contribution in [0.3, 0.4) is 0 Å². The Balaban J connectivity index is 1.45. The molecule has 0 spiro atoms. The van der Waals surface area contributed by atoms with Gasteiger partial charge in [-0.05, 0) is 29.8 Å². The van der Waals surface area contributed by atoms with Crippen molar-refractivity contribution in [3.05, 3.63) is 90.5 Å². The Kier molecular flexibility index (Phi) is 8.98. The molecule has 38 heavy (non-hydrogen) atoms. The summed E-state index contributed by atoms with van der Waals surface area (Å²) in [5.74, 6) is 0.223. The molecule has 0 radical (unpaired) electrons. The van der Waals surface area contributed by atoms with Gasteiger partial charge in [-0.1, -0.05) is 54.6 Å². The normalized spacial score (nSPS) is 16.0. The number of hydrogen-bond acceptors (Lipinski definition) is 6. The highest BCUT2D eigenvalue weighted by Gasteiger charge is 2.35. The van der Waals surface area contributed by atoms with Gasteiger partial charge in [0.15, 0.2) is 9.84 Å². The van der Waals surface area contributed by atoms with Crippen LogP contribution in [-0.2, 0) is 21.2 Å². The summed E-state index contributed by atoms with van der Waals surface area (Å²) >= 11 is 0. The number of nitrogens with zero attached hydrogens (tertiary/aromatic N) is 2. The lowest BCUT2D eigenvalue weighted by atomic mass is 10.1. The molecule has 3 amide bonds. The maximum atomic E-state index is 13.3. The van der Waals surface area contributed by atoms with Crippen molar-refractivity contribution < 1.29 is 22.7 Å². The Hall–Kier alpha value is -3.89. The van der Waals surface area contributed by atoms with E-state index in [1.165, 1.54) is 4.90 Å². The molecule has 1 heterocycles. The van der Waals surface area contributed by atoms with Gasteiger partial charge in [0.2, 0.25) is 5.91 Å². The first-order valence-electron chi connectivity index (χ1n) is 12.4. The highest BCUT2D eigenvalue weighted by atomic mass is 32.2. The summed E-state index contributed by atoms with van der Waals surface area (Å²) in [6.07, 6.45) is 0. The molecule has 10 heteroatoms. The number of anilines is 1. The molecule has 0 saturated carbocycles. The standard InChI is InChI=1S/C28H32N4O5S/c1-37-24-12-8-11-23(19-24)30-28(34)32-16-15-31(17-18-38(35,36)25-13-6-3-7-14-25)21-26(32)27(33)29-20-22-9-4-2-5-10-22/h2-14,19,26H,15-18,20-21H2,1H3,(H,29,33)(H,30,34). The summed E-state index contributed by atoms with van der Waals surface area (Å²) < 4.78 is 30.8. The number of ether oxygens (including phenoxy) is 1. The molecule has 0 aliphatic carbocycles. The quantitative estimate of drug-likeness (QED) is 0.435. The molecule has 1 aliphatic rings. The zero-order chi connectivity index (χ0) is 27.0. The topological polar surface area (TPSA) is 108 Å². The number of nitrogens with one attached hydrogen (secondary N) is 2. The van der Waals surface area contributed by atoms with Crippen molar-refractivity contribution >= 4 is 27.5 Å². The number of rotatable bonds is 9. The predicted molar refractivity (Wildman–Crippen MR) is 146 cm³/mol. The van der Waals surface area contributed by atoms with Crippen LogP contribution in [0.25, 0.3) is 0 Å². The van der Waals surface area contributed by atoms with Gasteiger partial charge in [-0.25, -0.2) is 13.2 Å². The number of carbonyl (C=O) groups is 2. The second kappa shape index (κ2) is 12.6. The van der Waals surface area contributed by atoms with E-state index in [1.807, 2.05) is 35.2 Å². The van der Waals surface area contributed by atoms with Crippen LogP contribution < -0.4 is 15.4 Å². The van der Waals surface area contributed by atoms with Crippen molar-refractivity contribution in [2.24, 2.45) is 0 Å². The Morgan fingerprint density at radius 3 is 2.37 bits per heavy atom. The summed E-state index contributed by atoms with van der Waals surface area (Å²) in [5.41, 5.74) is 1.49. The fraction of sp³-hybridized carbons (Fsp3) is 0.286. The minimum absolute atomic E-state index is 0.0780. The molecule has 3 aromatic rings. The largest absolute Gasteiger partial charge is 0.497 e. The van der Waals surface area contributed by atoms with Crippen molar-refractivity contribution in [3.8, 4) is 5.75 Å². The maximum absolute atomic E-state index is 13.3. The van der Waals surface area contributed by atoms with E-state index in [2.05, 4.69) is 10.6 Å². The highest BCUT2D eigenvalue weighted by Crippen LogP contribution is 2.19. The van der Waals surface area contributed by atoms with Crippen LogP contribution in [0.4, 0.5) is 10.5 Å². The third-order valence-corrected chi connectivity index (χ3v) is 8.15. The number of sulfone groups is 1. The zero-order valence-corrected chi connectivity index (χ0v) is 22.1. The van der Waals surface area contributed by atoms with Crippen molar-refractivity contribution in [1.82, 2.24) is 15.1 Å². The Morgan fingerprint density at radius 2 is 1.66 bits per heavy atom. The summed E-state index contributed by atoms with van der Waals surface area (Å²) in [6.45, 7) is 1.51. The molecule has 0 bridgehead atoms. The average molecular weight is 537 g/mol. The Bertz CT molecular complexity index is 1340. The number of piperazine rings is 1. The van der Waals surface area contributed by atoms with Gasteiger partial charge in [-0.3, -0.25) is 9.69 Å². The number of hydrogen-bond donors (Lipinski definition) is 2. The van der Waals surface area contributed by atoms with Crippen LogP contribution in [0.1, 0.15) is 5.56 Å². The van der Waals surface area contributed by atoms with Gasteiger partial charge in [-0.2, -0.15) is 0 Å². The van der Waals surface area contributed by atoms with Crippen LogP contribution in [0.2, 0.25) is 0 Å². The molecule has 1 fully saturated rings. The lowest BCUT2D eigenvalue weighted by Gasteiger charge is -2.40. The van der Waals surface area contributed by atoms with Crippen LogP contribution >= 0.6 is 0 Å². The lowest BCUT2D eigenvalue weighted by molar-refractivity contribution is -0.127. The van der Waals surface area contributed by atoms with Gasteiger partial charge in [-0.15, -0.1) is 0 Å².